The number of anilines is 1. The molecular weight excluding hydrogens is 354 g/mol. The highest BCUT2D eigenvalue weighted by atomic mass is 35.5. The van der Waals surface area contributed by atoms with Gasteiger partial charge in [-0.25, -0.2) is 8.78 Å². The van der Waals surface area contributed by atoms with Gasteiger partial charge in [0.25, 0.3) is 0 Å². The second-order valence-corrected chi connectivity index (χ2v) is 6.53. The Morgan fingerprint density at radius 3 is 2.19 bits per heavy atom. The number of hydrazone groups is 1. The molecule has 1 aliphatic rings. The Kier molecular flexibility index (Phi) is 4.43. The number of halogens is 3. The van der Waals surface area contributed by atoms with Crippen molar-refractivity contribution in [3.05, 3.63) is 101 Å². The number of hydrogen-bond donors (Lipinski definition) is 0. The van der Waals surface area contributed by atoms with Crippen LogP contribution in [0.25, 0.3) is 0 Å². The molecule has 0 spiro atoms. The highest BCUT2D eigenvalue weighted by Gasteiger charge is 2.32. The van der Waals surface area contributed by atoms with E-state index in [0.29, 0.717) is 22.7 Å². The van der Waals surface area contributed by atoms with Crippen LogP contribution in [0, 0.1) is 11.6 Å². The topological polar surface area (TPSA) is 15.6 Å². The van der Waals surface area contributed by atoms with E-state index >= 15 is 0 Å². The van der Waals surface area contributed by atoms with E-state index in [2.05, 4.69) is 5.10 Å². The van der Waals surface area contributed by atoms with Gasteiger partial charge in [0.15, 0.2) is 0 Å². The molecule has 3 aromatic rings. The van der Waals surface area contributed by atoms with Crippen LogP contribution >= 0.6 is 11.6 Å². The van der Waals surface area contributed by atoms with Crippen molar-refractivity contribution in [1.82, 2.24) is 0 Å². The van der Waals surface area contributed by atoms with E-state index in [4.69, 9.17) is 11.6 Å². The summed E-state index contributed by atoms with van der Waals surface area (Å²) in [6.45, 7) is 0. The van der Waals surface area contributed by atoms with Crippen LogP contribution in [0.3, 0.4) is 0 Å². The summed E-state index contributed by atoms with van der Waals surface area (Å²) in [5, 5.41) is 6.81. The van der Waals surface area contributed by atoms with Gasteiger partial charge in [0.05, 0.1) is 17.4 Å². The van der Waals surface area contributed by atoms with Crippen LogP contribution in [0.5, 0.6) is 0 Å². The van der Waals surface area contributed by atoms with E-state index in [1.807, 2.05) is 12.1 Å². The molecular formula is C21H15ClF2N2. The van der Waals surface area contributed by atoms with Crippen LogP contribution < -0.4 is 5.01 Å². The first-order valence-electron chi connectivity index (χ1n) is 8.25. The summed E-state index contributed by atoms with van der Waals surface area (Å²) in [5.74, 6) is -0.721. The van der Waals surface area contributed by atoms with Crippen LogP contribution in [0.2, 0.25) is 5.02 Å². The first-order valence-corrected chi connectivity index (χ1v) is 8.63. The maximum atomic E-state index is 14.4. The Labute approximate surface area is 155 Å². The zero-order chi connectivity index (χ0) is 18.1. The second kappa shape index (κ2) is 6.89. The number of para-hydroxylation sites is 1. The quantitative estimate of drug-likeness (QED) is 0.555. The molecule has 1 atom stereocenters. The van der Waals surface area contributed by atoms with E-state index in [1.54, 1.807) is 53.5 Å². The minimum absolute atomic E-state index is 0.324. The first-order chi connectivity index (χ1) is 12.6. The Balaban J connectivity index is 1.80. The lowest BCUT2D eigenvalue weighted by Crippen LogP contribution is -2.20. The van der Waals surface area contributed by atoms with Crippen molar-refractivity contribution in [1.29, 1.82) is 0 Å². The molecule has 130 valence electrons. The average Bonchev–Trinajstić information content (AvgIpc) is 3.08. The molecule has 0 bridgehead atoms. The molecule has 2 nitrogen and oxygen atoms in total. The molecule has 0 amide bonds. The summed E-state index contributed by atoms with van der Waals surface area (Å²) in [6.07, 6.45) is 0.469. The normalized spacial score (nSPS) is 16.7. The van der Waals surface area contributed by atoms with Gasteiger partial charge in [-0.15, -0.1) is 0 Å². The fourth-order valence-electron chi connectivity index (χ4n) is 3.17. The summed E-state index contributed by atoms with van der Waals surface area (Å²) in [7, 11) is 0. The summed E-state index contributed by atoms with van der Waals surface area (Å²) in [4.78, 5) is 0. The van der Waals surface area contributed by atoms with Crippen molar-refractivity contribution in [3.63, 3.8) is 0 Å². The third kappa shape index (κ3) is 3.08. The van der Waals surface area contributed by atoms with Gasteiger partial charge in [0, 0.05) is 17.0 Å². The number of nitrogens with zero attached hydrogens (tertiary/aromatic N) is 2. The molecule has 4 rings (SSSR count). The van der Waals surface area contributed by atoms with Gasteiger partial charge in [-0.1, -0.05) is 54.1 Å². The smallest absolute Gasteiger partial charge is 0.148 e. The lowest BCUT2D eigenvalue weighted by molar-refractivity contribution is 0.568. The maximum absolute atomic E-state index is 14.4. The summed E-state index contributed by atoms with van der Waals surface area (Å²) >= 11 is 5.96. The lowest BCUT2D eigenvalue weighted by Gasteiger charge is -2.24. The SMILES string of the molecule is Fc1ccccc1[C@H]1CC(c2ccc(Cl)cc2)=NN1c1ccccc1F. The van der Waals surface area contributed by atoms with Crippen LogP contribution in [-0.4, -0.2) is 5.71 Å². The van der Waals surface area contributed by atoms with Crippen molar-refractivity contribution < 1.29 is 8.78 Å². The third-order valence-electron chi connectivity index (χ3n) is 4.45. The molecule has 0 aromatic heterocycles. The summed E-state index contributed by atoms with van der Waals surface area (Å²) in [6, 6.07) is 19.8. The van der Waals surface area contributed by atoms with Crippen LogP contribution in [0.15, 0.2) is 77.9 Å². The van der Waals surface area contributed by atoms with E-state index in [-0.39, 0.29) is 5.82 Å². The minimum atomic E-state index is -0.418. The molecule has 1 heterocycles. The molecule has 1 aliphatic heterocycles. The molecule has 0 aliphatic carbocycles. The van der Waals surface area contributed by atoms with E-state index < -0.39 is 11.9 Å². The van der Waals surface area contributed by atoms with Crippen LogP contribution in [0.1, 0.15) is 23.6 Å². The van der Waals surface area contributed by atoms with Crippen molar-refractivity contribution >= 4 is 23.0 Å². The Bertz CT molecular complexity index is 970. The number of hydrogen-bond acceptors (Lipinski definition) is 2. The largest absolute Gasteiger partial charge is 0.254 e. The summed E-state index contributed by atoms with van der Waals surface area (Å²) < 4.78 is 28.8. The number of benzene rings is 3. The van der Waals surface area contributed by atoms with Crippen LogP contribution in [0.4, 0.5) is 14.5 Å². The van der Waals surface area contributed by atoms with E-state index in [0.717, 1.165) is 11.3 Å². The van der Waals surface area contributed by atoms with Gasteiger partial charge in [-0.2, -0.15) is 5.10 Å². The molecule has 0 saturated heterocycles. The third-order valence-corrected chi connectivity index (χ3v) is 4.70. The zero-order valence-electron chi connectivity index (χ0n) is 13.7. The lowest BCUT2D eigenvalue weighted by atomic mass is 9.98. The highest BCUT2D eigenvalue weighted by molar-refractivity contribution is 6.30. The first kappa shape index (κ1) is 16.7. The van der Waals surface area contributed by atoms with Gasteiger partial charge in [-0.05, 0) is 35.9 Å². The molecule has 0 N–H and O–H groups in total. The van der Waals surface area contributed by atoms with Gasteiger partial charge in [0.1, 0.15) is 11.6 Å². The van der Waals surface area contributed by atoms with E-state index in [9.17, 15) is 8.78 Å². The Morgan fingerprint density at radius 2 is 1.50 bits per heavy atom. The second-order valence-electron chi connectivity index (χ2n) is 6.09. The van der Waals surface area contributed by atoms with E-state index in [1.165, 1.54) is 12.1 Å². The van der Waals surface area contributed by atoms with Gasteiger partial charge < -0.3 is 0 Å². The predicted octanol–water partition coefficient (Wildman–Crippen LogP) is 5.97. The fourth-order valence-corrected chi connectivity index (χ4v) is 3.30. The molecule has 26 heavy (non-hydrogen) atoms. The molecule has 0 fully saturated rings. The number of rotatable bonds is 3. The monoisotopic (exact) mass is 368 g/mol. The molecule has 3 aromatic carbocycles. The molecule has 0 unspecified atom stereocenters. The van der Waals surface area contributed by atoms with Crippen molar-refractivity contribution in [3.8, 4) is 0 Å². The standard InChI is InChI=1S/C21H15ClF2N2/c22-15-11-9-14(10-12-15)19-13-21(16-5-1-2-6-17(16)23)26(25-19)20-8-4-3-7-18(20)24/h1-12,21H,13H2/t21-/m1/s1. The fraction of sp³-hybridized carbons (Fsp3) is 0.0952. The molecule has 5 heteroatoms. The Morgan fingerprint density at radius 1 is 0.846 bits per heavy atom. The minimum Gasteiger partial charge on any atom is -0.254 e. The Hall–Kier alpha value is -2.72. The van der Waals surface area contributed by atoms with Crippen molar-refractivity contribution in [2.45, 2.75) is 12.5 Å². The van der Waals surface area contributed by atoms with Crippen molar-refractivity contribution in [2.24, 2.45) is 5.10 Å². The highest BCUT2D eigenvalue weighted by Crippen LogP contribution is 2.38. The molecule has 0 radical (unpaired) electrons. The van der Waals surface area contributed by atoms with Crippen molar-refractivity contribution in [2.75, 3.05) is 5.01 Å². The average molecular weight is 369 g/mol. The predicted molar refractivity (Wildman–Crippen MR) is 101 cm³/mol. The zero-order valence-corrected chi connectivity index (χ0v) is 14.5. The van der Waals surface area contributed by atoms with Gasteiger partial charge >= 0.3 is 0 Å². The van der Waals surface area contributed by atoms with Gasteiger partial charge in [-0.3, -0.25) is 5.01 Å². The summed E-state index contributed by atoms with van der Waals surface area (Å²) in [5.41, 5.74) is 2.46. The van der Waals surface area contributed by atoms with Crippen LogP contribution in [-0.2, 0) is 0 Å². The molecule has 0 saturated carbocycles. The van der Waals surface area contributed by atoms with Gasteiger partial charge in [0.2, 0.25) is 0 Å². The maximum Gasteiger partial charge on any atom is 0.148 e.